The summed E-state index contributed by atoms with van der Waals surface area (Å²) in [6.07, 6.45) is 7.41. The molecule has 0 saturated heterocycles. The fourth-order valence-electron chi connectivity index (χ4n) is 3.10. The average molecular weight is 304 g/mol. The predicted octanol–water partition coefficient (Wildman–Crippen LogP) is 4.22. The van der Waals surface area contributed by atoms with Crippen LogP contribution in [0.2, 0.25) is 0 Å². The van der Waals surface area contributed by atoms with E-state index in [-0.39, 0.29) is 0 Å². The van der Waals surface area contributed by atoms with Gasteiger partial charge < -0.3 is 11.1 Å². The van der Waals surface area contributed by atoms with Crippen LogP contribution in [0.1, 0.15) is 50.8 Å². The number of nitrogens with one attached hydrogen (secondary N) is 1. The lowest BCUT2D eigenvalue weighted by molar-refractivity contribution is 0.502. The van der Waals surface area contributed by atoms with Gasteiger partial charge in [0.2, 0.25) is 5.95 Å². The molecule has 1 fully saturated rings. The molecular weight excluding hydrogens is 280 g/mol. The van der Waals surface area contributed by atoms with Gasteiger partial charge in [-0.3, -0.25) is 0 Å². The molecule has 3 N–H and O–H groups in total. The van der Waals surface area contributed by atoms with E-state index < -0.39 is 0 Å². The zero-order chi connectivity index (χ0) is 14.8. The lowest BCUT2D eigenvalue weighted by atomic mass is 10.0. The number of rotatable bonds is 3. The predicted molar refractivity (Wildman–Crippen MR) is 90.9 cm³/mol. The van der Waals surface area contributed by atoms with Crippen LogP contribution in [-0.2, 0) is 6.42 Å². The number of aryl methyl sites for hydroxylation is 1. The molecule has 0 aliphatic heterocycles. The molecule has 1 aliphatic carbocycles. The van der Waals surface area contributed by atoms with Crippen molar-refractivity contribution < 1.29 is 0 Å². The monoisotopic (exact) mass is 304 g/mol. The van der Waals surface area contributed by atoms with Crippen LogP contribution in [-0.4, -0.2) is 16.0 Å². The number of nitrogen functional groups attached to an aromatic ring is 1. The van der Waals surface area contributed by atoms with E-state index in [4.69, 9.17) is 5.73 Å². The minimum absolute atomic E-state index is 0.372. The number of aromatic nitrogens is 2. The molecule has 1 saturated carbocycles. The van der Waals surface area contributed by atoms with E-state index >= 15 is 0 Å². The van der Waals surface area contributed by atoms with Crippen LogP contribution in [0.4, 0.5) is 11.8 Å². The molecule has 2 unspecified atom stereocenters. The Morgan fingerprint density at radius 1 is 1.29 bits per heavy atom. The molecule has 2 aromatic heterocycles. The van der Waals surface area contributed by atoms with E-state index in [0.717, 1.165) is 28.4 Å². The number of fused-ring (bicyclic) bond motifs is 1. The van der Waals surface area contributed by atoms with Gasteiger partial charge in [0.15, 0.2) is 0 Å². The van der Waals surface area contributed by atoms with Crippen molar-refractivity contribution >= 4 is 33.3 Å². The highest BCUT2D eigenvalue weighted by molar-refractivity contribution is 7.18. The van der Waals surface area contributed by atoms with E-state index in [1.165, 1.54) is 37.0 Å². The topological polar surface area (TPSA) is 63.8 Å². The standard InChI is InChI=1S/C16H24N4S/c1-3-12-9-13-14(19-16(17)20-15(13)21-12)18-11-6-4-5-10(2)7-8-11/h9-11H,3-8H2,1-2H3,(H3,17,18,19,20). The molecule has 21 heavy (non-hydrogen) atoms. The molecule has 3 rings (SSSR count). The number of thiophene rings is 1. The smallest absolute Gasteiger partial charge is 0.223 e. The molecule has 4 nitrogen and oxygen atoms in total. The SMILES string of the molecule is CCc1cc2c(NC3CCCC(C)CC3)nc(N)nc2s1. The van der Waals surface area contributed by atoms with Gasteiger partial charge in [-0.2, -0.15) is 4.98 Å². The number of nitrogens with zero attached hydrogens (tertiary/aromatic N) is 2. The van der Waals surface area contributed by atoms with E-state index in [9.17, 15) is 0 Å². The third-order valence-corrected chi connectivity index (χ3v) is 5.58. The van der Waals surface area contributed by atoms with Gasteiger partial charge in [-0.15, -0.1) is 11.3 Å². The van der Waals surface area contributed by atoms with Gasteiger partial charge in [0.1, 0.15) is 10.6 Å². The second-order valence-electron chi connectivity index (χ2n) is 6.17. The van der Waals surface area contributed by atoms with Crippen LogP contribution in [0.5, 0.6) is 0 Å². The summed E-state index contributed by atoms with van der Waals surface area (Å²) in [6.45, 7) is 4.52. The van der Waals surface area contributed by atoms with E-state index in [1.54, 1.807) is 11.3 Å². The minimum Gasteiger partial charge on any atom is -0.368 e. The van der Waals surface area contributed by atoms with Crippen molar-refractivity contribution in [2.24, 2.45) is 5.92 Å². The van der Waals surface area contributed by atoms with Crippen LogP contribution in [0.25, 0.3) is 10.2 Å². The third kappa shape index (κ3) is 3.28. The summed E-state index contributed by atoms with van der Waals surface area (Å²) >= 11 is 1.72. The highest BCUT2D eigenvalue weighted by Crippen LogP contribution is 2.32. The fourth-order valence-corrected chi connectivity index (χ4v) is 4.07. The number of hydrogen-bond donors (Lipinski definition) is 2. The Morgan fingerprint density at radius 3 is 2.95 bits per heavy atom. The quantitative estimate of drug-likeness (QED) is 0.833. The van der Waals surface area contributed by atoms with Gasteiger partial charge in [0.25, 0.3) is 0 Å². The molecule has 0 bridgehead atoms. The maximum atomic E-state index is 5.88. The highest BCUT2D eigenvalue weighted by atomic mass is 32.1. The molecule has 2 aromatic rings. The molecule has 0 spiro atoms. The summed E-state index contributed by atoms with van der Waals surface area (Å²) < 4.78 is 0. The van der Waals surface area contributed by atoms with Gasteiger partial charge >= 0.3 is 0 Å². The lowest BCUT2D eigenvalue weighted by Crippen LogP contribution is -2.19. The maximum Gasteiger partial charge on any atom is 0.223 e. The highest BCUT2D eigenvalue weighted by Gasteiger charge is 2.18. The molecule has 0 radical (unpaired) electrons. The molecular formula is C16H24N4S. The Morgan fingerprint density at radius 2 is 2.14 bits per heavy atom. The maximum absolute atomic E-state index is 5.88. The van der Waals surface area contributed by atoms with Crippen LogP contribution in [0.15, 0.2) is 6.07 Å². The zero-order valence-corrected chi connectivity index (χ0v) is 13.7. The van der Waals surface area contributed by atoms with E-state index in [1.807, 2.05) is 0 Å². The fraction of sp³-hybridized carbons (Fsp3) is 0.625. The van der Waals surface area contributed by atoms with Crippen molar-refractivity contribution in [1.82, 2.24) is 9.97 Å². The van der Waals surface area contributed by atoms with Crippen LogP contribution < -0.4 is 11.1 Å². The number of anilines is 2. The first-order chi connectivity index (χ1) is 10.2. The summed E-state index contributed by atoms with van der Waals surface area (Å²) in [5, 5.41) is 4.77. The number of nitrogens with two attached hydrogens (primary N) is 1. The molecule has 0 aromatic carbocycles. The van der Waals surface area contributed by atoms with Crippen molar-refractivity contribution in [1.29, 1.82) is 0 Å². The largest absolute Gasteiger partial charge is 0.368 e. The van der Waals surface area contributed by atoms with Gasteiger partial charge in [-0.25, -0.2) is 4.98 Å². The second-order valence-corrected chi connectivity index (χ2v) is 7.29. The molecule has 0 amide bonds. The first-order valence-electron chi connectivity index (χ1n) is 7.98. The van der Waals surface area contributed by atoms with Gasteiger partial charge in [-0.1, -0.05) is 26.7 Å². The van der Waals surface area contributed by atoms with E-state index in [2.05, 4.69) is 35.2 Å². The van der Waals surface area contributed by atoms with Crippen molar-refractivity contribution in [3.63, 3.8) is 0 Å². The Bertz CT molecular complexity index is 622. The first kappa shape index (κ1) is 14.6. The average Bonchev–Trinajstić information content (AvgIpc) is 2.76. The Kier molecular flexibility index (Phi) is 4.29. The second kappa shape index (κ2) is 6.18. The van der Waals surface area contributed by atoms with Gasteiger partial charge in [0.05, 0.1) is 5.39 Å². The zero-order valence-electron chi connectivity index (χ0n) is 12.9. The Hall–Kier alpha value is -1.36. The molecule has 5 heteroatoms. The summed E-state index contributed by atoms with van der Waals surface area (Å²) in [6, 6.07) is 2.72. The molecule has 114 valence electrons. The van der Waals surface area contributed by atoms with Gasteiger partial charge in [-0.05, 0) is 37.7 Å². The number of hydrogen-bond acceptors (Lipinski definition) is 5. The summed E-state index contributed by atoms with van der Waals surface area (Å²) in [4.78, 5) is 11.2. The summed E-state index contributed by atoms with van der Waals surface area (Å²) in [7, 11) is 0. The lowest BCUT2D eigenvalue weighted by Gasteiger charge is -2.17. The summed E-state index contributed by atoms with van der Waals surface area (Å²) in [5.41, 5.74) is 5.88. The van der Waals surface area contributed by atoms with Crippen molar-refractivity contribution in [3.8, 4) is 0 Å². The van der Waals surface area contributed by atoms with Crippen LogP contribution >= 0.6 is 11.3 Å². The van der Waals surface area contributed by atoms with Crippen molar-refractivity contribution in [2.75, 3.05) is 11.1 Å². The van der Waals surface area contributed by atoms with Crippen molar-refractivity contribution in [2.45, 2.75) is 58.4 Å². The molecule has 2 heterocycles. The minimum atomic E-state index is 0.372. The molecule has 1 aliphatic rings. The van der Waals surface area contributed by atoms with E-state index in [0.29, 0.717) is 12.0 Å². The van der Waals surface area contributed by atoms with Crippen LogP contribution in [0.3, 0.4) is 0 Å². The normalized spacial score (nSPS) is 23.1. The van der Waals surface area contributed by atoms with Gasteiger partial charge in [0, 0.05) is 10.9 Å². The molecule has 2 atom stereocenters. The van der Waals surface area contributed by atoms with Crippen molar-refractivity contribution in [3.05, 3.63) is 10.9 Å². The van der Waals surface area contributed by atoms with Crippen LogP contribution in [0, 0.1) is 5.92 Å². The third-order valence-electron chi connectivity index (χ3n) is 4.41. The summed E-state index contributed by atoms with van der Waals surface area (Å²) in [5.74, 6) is 2.14. The Labute approximate surface area is 130 Å². The Balaban J connectivity index is 1.87. The first-order valence-corrected chi connectivity index (χ1v) is 8.79.